The number of urea groups is 1. The second-order valence-electron chi connectivity index (χ2n) is 6.61. The zero-order valence-corrected chi connectivity index (χ0v) is 15.2. The van der Waals surface area contributed by atoms with Gasteiger partial charge < -0.3 is 5.32 Å². The molecule has 2 aromatic carbocycles. The fourth-order valence-corrected chi connectivity index (χ4v) is 3.08. The van der Waals surface area contributed by atoms with E-state index in [-0.39, 0.29) is 12.3 Å². The summed E-state index contributed by atoms with van der Waals surface area (Å²) in [6.45, 7) is 3.30. The monoisotopic (exact) mass is 361 g/mol. The zero-order chi connectivity index (χ0) is 19.6. The van der Waals surface area contributed by atoms with Gasteiger partial charge in [0.15, 0.2) is 5.78 Å². The van der Waals surface area contributed by atoms with Crippen molar-refractivity contribution in [1.29, 1.82) is 5.26 Å². The van der Waals surface area contributed by atoms with Crippen molar-refractivity contribution in [3.8, 4) is 6.07 Å². The Morgan fingerprint density at radius 2 is 1.74 bits per heavy atom. The number of hydrogen-bond donors (Lipinski definition) is 1. The van der Waals surface area contributed by atoms with E-state index in [2.05, 4.69) is 5.32 Å². The fourth-order valence-electron chi connectivity index (χ4n) is 3.08. The Balaban J connectivity index is 1.80. The van der Waals surface area contributed by atoms with E-state index in [0.29, 0.717) is 16.7 Å². The van der Waals surface area contributed by atoms with Gasteiger partial charge in [0, 0.05) is 5.56 Å². The molecule has 0 spiro atoms. The van der Waals surface area contributed by atoms with Crippen molar-refractivity contribution in [2.24, 2.45) is 0 Å². The Bertz CT molecular complexity index is 942. The number of rotatable bonds is 5. The number of amides is 3. The molecule has 3 amide bonds. The summed E-state index contributed by atoms with van der Waals surface area (Å²) in [6.07, 6.45) is 0.866. The smallest absolute Gasteiger partial charge is 0.319 e. The second-order valence-corrected chi connectivity index (χ2v) is 6.61. The molecule has 1 aliphatic rings. The van der Waals surface area contributed by atoms with Crippen LogP contribution < -0.4 is 5.32 Å². The number of imide groups is 1. The van der Waals surface area contributed by atoms with Gasteiger partial charge in [0.2, 0.25) is 0 Å². The van der Waals surface area contributed by atoms with Crippen molar-refractivity contribution >= 4 is 17.7 Å². The quantitative estimate of drug-likeness (QED) is 0.655. The summed E-state index contributed by atoms with van der Waals surface area (Å²) in [6, 6.07) is 15.0. The highest BCUT2D eigenvalue weighted by molar-refractivity contribution is 6.11. The standard InChI is InChI=1S/C21H19N3O3/c1-3-14-4-8-16(9-5-14)18(25)13-24-19(26)21(2,23-20(24)27)17-10-6-15(12-22)7-11-17/h4-11H,3,13H2,1-2H3,(H,23,27). The van der Waals surface area contributed by atoms with Gasteiger partial charge in [-0.2, -0.15) is 5.26 Å². The lowest BCUT2D eigenvalue weighted by Gasteiger charge is -2.22. The molecule has 1 aliphatic heterocycles. The van der Waals surface area contributed by atoms with Crippen LogP contribution in [-0.2, 0) is 16.8 Å². The maximum atomic E-state index is 12.9. The minimum atomic E-state index is -1.27. The Labute approximate surface area is 157 Å². The van der Waals surface area contributed by atoms with Crippen LogP contribution in [0.1, 0.15) is 40.9 Å². The van der Waals surface area contributed by atoms with Crippen molar-refractivity contribution in [2.75, 3.05) is 6.54 Å². The largest absolute Gasteiger partial charge is 0.325 e. The highest BCUT2D eigenvalue weighted by atomic mass is 16.2. The molecule has 2 aromatic rings. The fraction of sp³-hybridized carbons (Fsp3) is 0.238. The molecule has 0 bridgehead atoms. The van der Waals surface area contributed by atoms with Crippen molar-refractivity contribution in [1.82, 2.24) is 10.2 Å². The molecule has 1 unspecified atom stereocenters. The first-order valence-electron chi connectivity index (χ1n) is 8.66. The number of nitriles is 1. The lowest BCUT2D eigenvalue weighted by atomic mass is 9.91. The maximum absolute atomic E-state index is 12.9. The average Bonchev–Trinajstić information content (AvgIpc) is 2.92. The third kappa shape index (κ3) is 3.32. The van der Waals surface area contributed by atoms with E-state index >= 15 is 0 Å². The van der Waals surface area contributed by atoms with Gasteiger partial charge in [0.25, 0.3) is 5.91 Å². The van der Waals surface area contributed by atoms with E-state index in [1.165, 1.54) is 0 Å². The number of nitrogens with zero attached hydrogens (tertiary/aromatic N) is 2. The summed E-state index contributed by atoms with van der Waals surface area (Å²) in [5.41, 5.74) is 1.32. The molecule has 0 aromatic heterocycles. The van der Waals surface area contributed by atoms with Crippen LogP contribution in [0.5, 0.6) is 0 Å². The van der Waals surface area contributed by atoms with Crippen LogP contribution in [0.4, 0.5) is 4.79 Å². The molecule has 0 radical (unpaired) electrons. The van der Waals surface area contributed by atoms with Gasteiger partial charge in [-0.1, -0.05) is 43.3 Å². The number of ketones is 1. The number of aryl methyl sites for hydroxylation is 1. The van der Waals surface area contributed by atoms with Crippen LogP contribution in [0.25, 0.3) is 0 Å². The molecule has 0 aliphatic carbocycles. The number of Topliss-reactive ketones (excluding diaryl/α,β-unsaturated/α-hetero) is 1. The highest BCUT2D eigenvalue weighted by Gasteiger charge is 2.49. The molecule has 6 nitrogen and oxygen atoms in total. The molecule has 136 valence electrons. The Morgan fingerprint density at radius 3 is 2.30 bits per heavy atom. The molecular weight excluding hydrogens is 342 g/mol. The molecule has 3 rings (SSSR count). The minimum absolute atomic E-state index is 0.301. The normalized spacial score (nSPS) is 18.9. The summed E-state index contributed by atoms with van der Waals surface area (Å²) in [4.78, 5) is 38.7. The number of benzene rings is 2. The first-order chi connectivity index (χ1) is 12.9. The number of carbonyl (C=O) groups is 3. The summed E-state index contributed by atoms with van der Waals surface area (Å²) >= 11 is 0. The third-order valence-corrected chi connectivity index (χ3v) is 4.85. The van der Waals surface area contributed by atoms with Crippen LogP contribution >= 0.6 is 0 Å². The number of nitrogens with one attached hydrogen (secondary N) is 1. The van der Waals surface area contributed by atoms with Gasteiger partial charge >= 0.3 is 6.03 Å². The van der Waals surface area contributed by atoms with Gasteiger partial charge in [-0.3, -0.25) is 14.5 Å². The zero-order valence-electron chi connectivity index (χ0n) is 15.2. The molecule has 1 heterocycles. The van der Waals surface area contributed by atoms with Crippen LogP contribution in [-0.4, -0.2) is 29.2 Å². The summed E-state index contributed by atoms with van der Waals surface area (Å²) < 4.78 is 0. The van der Waals surface area contributed by atoms with Crippen LogP contribution in [0.3, 0.4) is 0 Å². The molecule has 0 saturated carbocycles. The van der Waals surface area contributed by atoms with E-state index < -0.39 is 17.5 Å². The molecular formula is C21H19N3O3. The van der Waals surface area contributed by atoms with Crippen molar-refractivity contribution in [3.63, 3.8) is 0 Å². The molecule has 1 atom stereocenters. The number of hydrogen-bond acceptors (Lipinski definition) is 4. The van der Waals surface area contributed by atoms with E-state index in [9.17, 15) is 14.4 Å². The predicted molar refractivity (Wildman–Crippen MR) is 98.9 cm³/mol. The summed E-state index contributed by atoms with van der Waals surface area (Å²) in [5.74, 6) is -0.791. The molecule has 1 fully saturated rings. The average molecular weight is 361 g/mol. The number of carbonyl (C=O) groups excluding carboxylic acids is 3. The topological polar surface area (TPSA) is 90.3 Å². The first kappa shape index (κ1) is 18.3. The third-order valence-electron chi connectivity index (χ3n) is 4.85. The minimum Gasteiger partial charge on any atom is -0.319 e. The van der Waals surface area contributed by atoms with E-state index in [1.54, 1.807) is 43.3 Å². The van der Waals surface area contributed by atoms with Crippen molar-refractivity contribution < 1.29 is 14.4 Å². The van der Waals surface area contributed by atoms with Gasteiger partial charge in [0.1, 0.15) is 5.54 Å². The van der Waals surface area contributed by atoms with Gasteiger partial charge in [-0.15, -0.1) is 0 Å². The van der Waals surface area contributed by atoms with E-state index in [0.717, 1.165) is 16.9 Å². The molecule has 1 N–H and O–H groups in total. The second kappa shape index (κ2) is 7.04. The SMILES string of the molecule is CCc1ccc(C(=O)CN2C(=O)NC(C)(c3ccc(C#N)cc3)C2=O)cc1. The van der Waals surface area contributed by atoms with E-state index in [1.807, 2.05) is 25.1 Å². The predicted octanol–water partition coefficient (Wildman–Crippen LogP) is 2.77. The van der Waals surface area contributed by atoms with Gasteiger partial charge in [-0.25, -0.2) is 4.79 Å². The van der Waals surface area contributed by atoms with Gasteiger partial charge in [-0.05, 0) is 36.6 Å². The Hall–Kier alpha value is -3.46. The van der Waals surface area contributed by atoms with Crippen LogP contribution in [0.15, 0.2) is 48.5 Å². The van der Waals surface area contributed by atoms with Gasteiger partial charge in [0.05, 0.1) is 18.2 Å². The highest BCUT2D eigenvalue weighted by Crippen LogP contribution is 2.29. The van der Waals surface area contributed by atoms with E-state index in [4.69, 9.17) is 5.26 Å². The lowest BCUT2D eigenvalue weighted by Crippen LogP contribution is -2.41. The Morgan fingerprint density at radius 1 is 1.11 bits per heavy atom. The Kier molecular flexibility index (Phi) is 4.78. The molecule has 27 heavy (non-hydrogen) atoms. The maximum Gasteiger partial charge on any atom is 0.325 e. The molecule has 6 heteroatoms. The first-order valence-corrected chi connectivity index (χ1v) is 8.66. The lowest BCUT2D eigenvalue weighted by molar-refractivity contribution is -0.130. The van der Waals surface area contributed by atoms with Crippen molar-refractivity contribution in [3.05, 3.63) is 70.8 Å². The van der Waals surface area contributed by atoms with Crippen LogP contribution in [0, 0.1) is 11.3 Å². The van der Waals surface area contributed by atoms with Crippen molar-refractivity contribution in [2.45, 2.75) is 25.8 Å². The summed E-state index contributed by atoms with van der Waals surface area (Å²) in [7, 11) is 0. The van der Waals surface area contributed by atoms with Crippen LogP contribution in [0.2, 0.25) is 0 Å². The summed E-state index contributed by atoms with van der Waals surface area (Å²) in [5, 5.41) is 11.6. The molecule has 1 saturated heterocycles.